The van der Waals surface area contributed by atoms with Crippen LogP contribution >= 0.6 is 0 Å². The van der Waals surface area contributed by atoms with Crippen LogP contribution in [0.4, 0.5) is 11.4 Å². The lowest BCUT2D eigenvalue weighted by Crippen LogP contribution is -2.20. The summed E-state index contributed by atoms with van der Waals surface area (Å²) in [6.45, 7) is 2.33. The average Bonchev–Trinajstić information content (AvgIpc) is 2.38. The number of hydrazine groups is 1. The fourth-order valence-corrected chi connectivity index (χ4v) is 1.83. The molecule has 0 radical (unpaired) electrons. The summed E-state index contributed by atoms with van der Waals surface area (Å²) in [5, 5.41) is 10.8. The summed E-state index contributed by atoms with van der Waals surface area (Å²) in [6, 6.07) is 4.91. The molecule has 7 nitrogen and oxygen atoms in total. The maximum atomic E-state index is 10.8. The monoisotopic (exact) mass is 268 g/mol. The summed E-state index contributed by atoms with van der Waals surface area (Å²) in [6.07, 6.45) is 0.946. The van der Waals surface area contributed by atoms with E-state index < -0.39 is 4.92 Å². The van der Waals surface area contributed by atoms with Crippen LogP contribution in [0.5, 0.6) is 0 Å². The van der Waals surface area contributed by atoms with E-state index in [4.69, 9.17) is 10.6 Å². The molecule has 0 fully saturated rings. The van der Waals surface area contributed by atoms with Crippen molar-refractivity contribution in [3.8, 4) is 0 Å². The topological polar surface area (TPSA) is 93.7 Å². The number of anilines is 1. The molecule has 0 amide bonds. The first kappa shape index (κ1) is 15.4. The summed E-state index contributed by atoms with van der Waals surface area (Å²) in [5.41, 5.74) is 3.64. The fourth-order valence-electron chi connectivity index (χ4n) is 1.83. The van der Waals surface area contributed by atoms with Crippen LogP contribution in [-0.4, -0.2) is 37.1 Å². The molecule has 0 saturated carbocycles. The molecule has 0 saturated heterocycles. The van der Waals surface area contributed by atoms with Gasteiger partial charge in [0.05, 0.1) is 4.92 Å². The molecule has 1 aromatic carbocycles. The lowest BCUT2D eigenvalue weighted by atomic mass is 10.1. The predicted molar refractivity (Wildman–Crippen MR) is 73.7 cm³/mol. The Bertz CT molecular complexity index is 425. The number of nitrogens with zero attached hydrogens (tertiary/aromatic N) is 2. The molecule has 0 bridgehead atoms. The van der Waals surface area contributed by atoms with Crippen LogP contribution in [0.3, 0.4) is 0 Å². The number of ether oxygens (including phenoxy) is 1. The highest BCUT2D eigenvalue weighted by molar-refractivity contribution is 5.62. The number of hydrogen-bond donors (Lipinski definition) is 2. The molecular formula is C12H20N4O3. The lowest BCUT2D eigenvalue weighted by molar-refractivity contribution is -0.384. The molecule has 3 N–H and O–H groups in total. The molecule has 0 aromatic heterocycles. The van der Waals surface area contributed by atoms with Crippen LogP contribution in [0.1, 0.15) is 12.0 Å². The van der Waals surface area contributed by atoms with E-state index >= 15 is 0 Å². The van der Waals surface area contributed by atoms with E-state index in [1.807, 2.05) is 7.05 Å². The van der Waals surface area contributed by atoms with Crippen LogP contribution in [0.15, 0.2) is 18.2 Å². The fraction of sp³-hybridized carbons (Fsp3) is 0.500. The molecule has 0 unspecified atom stereocenters. The molecule has 7 heteroatoms. The normalized spacial score (nSPS) is 10.7. The lowest BCUT2D eigenvalue weighted by Gasteiger charge is -2.16. The molecule has 0 heterocycles. The third-order valence-electron chi connectivity index (χ3n) is 2.75. The Balaban J connectivity index is 2.66. The van der Waals surface area contributed by atoms with Gasteiger partial charge in [0.15, 0.2) is 0 Å². The molecule has 0 aliphatic heterocycles. The van der Waals surface area contributed by atoms with Crippen molar-refractivity contribution < 1.29 is 9.66 Å². The Morgan fingerprint density at radius 3 is 2.84 bits per heavy atom. The zero-order valence-corrected chi connectivity index (χ0v) is 11.3. The van der Waals surface area contributed by atoms with E-state index in [1.165, 1.54) is 6.07 Å². The maximum absolute atomic E-state index is 10.8. The minimum atomic E-state index is -0.457. The number of nitrogen functional groups attached to an aromatic ring is 1. The summed E-state index contributed by atoms with van der Waals surface area (Å²) in [5.74, 6) is 5.30. The molecule has 0 aliphatic rings. The largest absolute Gasteiger partial charge is 0.385 e. The van der Waals surface area contributed by atoms with Crippen molar-refractivity contribution in [2.24, 2.45) is 5.84 Å². The highest BCUT2D eigenvalue weighted by Crippen LogP contribution is 2.24. The third-order valence-corrected chi connectivity index (χ3v) is 2.75. The highest BCUT2D eigenvalue weighted by Gasteiger charge is 2.13. The van der Waals surface area contributed by atoms with Crippen molar-refractivity contribution in [3.05, 3.63) is 33.9 Å². The summed E-state index contributed by atoms with van der Waals surface area (Å²) in [7, 11) is 3.67. The Hall–Kier alpha value is -1.70. The van der Waals surface area contributed by atoms with E-state index in [9.17, 15) is 10.1 Å². The van der Waals surface area contributed by atoms with E-state index in [0.29, 0.717) is 12.2 Å². The van der Waals surface area contributed by atoms with Gasteiger partial charge < -0.3 is 15.1 Å². The van der Waals surface area contributed by atoms with E-state index in [2.05, 4.69) is 10.3 Å². The molecular weight excluding hydrogens is 248 g/mol. The van der Waals surface area contributed by atoms with Crippen LogP contribution in [0.2, 0.25) is 0 Å². The second kappa shape index (κ2) is 7.67. The molecule has 0 aliphatic carbocycles. The summed E-state index contributed by atoms with van der Waals surface area (Å²) >= 11 is 0. The molecule has 1 aromatic rings. The second-order valence-corrected chi connectivity index (χ2v) is 4.34. The summed E-state index contributed by atoms with van der Waals surface area (Å²) in [4.78, 5) is 12.4. The van der Waals surface area contributed by atoms with Gasteiger partial charge in [0.2, 0.25) is 0 Å². The Morgan fingerprint density at radius 1 is 1.53 bits per heavy atom. The number of nitro benzene ring substituents is 1. The first-order valence-corrected chi connectivity index (χ1v) is 6.00. The molecule has 106 valence electrons. The minimum Gasteiger partial charge on any atom is -0.385 e. The number of methoxy groups -OCH3 is 1. The number of rotatable bonds is 8. The second-order valence-electron chi connectivity index (χ2n) is 4.34. The van der Waals surface area contributed by atoms with Crippen LogP contribution in [-0.2, 0) is 11.3 Å². The van der Waals surface area contributed by atoms with Crippen molar-refractivity contribution in [1.82, 2.24) is 4.90 Å². The van der Waals surface area contributed by atoms with Crippen LogP contribution < -0.4 is 11.3 Å². The van der Waals surface area contributed by atoms with Gasteiger partial charge in [0.1, 0.15) is 5.69 Å². The predicted octanol–water partition coefficient (Wildman–Crippen LogP) is 1.35. The molecule has 1 rings (SSSR count). The molecule has 0 spiro atoms. The quantitative estimate of drug-likeness (QED) is 0.320. The van der Waals surface area contributed by atoms with Gasteiger partial charge in [0, 0.05) is 32.9 Å². The van der Waals surface area contributed by atoms with E-state index in [0.717, 1.165) is 25.1 Å². The molecule has 19 heavy (non-hydrogen) atoms. The van der Waals surface area contributed by atoms with Crippen LogP contribution in [0, 0.1) is 10.1 Å². The van der Waals surface area contributed by atoms with Gasteiger partial charge in [0.25, 0.3) is 5.69 Å². The SMILES string of the molecule is COCCCN(C)Cc1ccc([N+](=O)[O-])c(NN)c1. The zero-order valence-electron chi connectivity index (χ0n) is 11.3. The Labute approximate surface area is 112 Å². The highest BCUT2D eigenvalue weighted by atomic mass is 16.6. The van der Waals surface area contributed by atoms with Crippen molar-refractivity contribution in [1.29, 1.82) is 0 Å². The van der Waals surface area contributed by atoms with Gasteiger partial charge in [-0.25, -0.2) is 0 Å². The van der Waals surface area contributed by atoms with Crippen molar-refractivity contribution in [2.75, 3.05) is 32.7 Å². The van der Waals surface area contributed by atoms with E-state index in [-0.39, 0.29) is 5.69 Å². The number of nitrogens with two attached hydrogens (primary N) is 1. The zero-order chi connectivity index (χ0) is 14.3. The number of nitrogens with one attached hydrogen (secondary N) is 1. The van der Waals surface area contributed by atoms with Gasteiger partial charge in [-0.05, 0) is 25.1 Å². The smallest absolute Gasteiger partial charge is 0.293 e. The van der Waals surface area contributed by atoms with Gasteiger partial charge in [-0.3, -0.25) is 16.0 Å². The maximum Gasteiger partial charge on any atom is 0.293 e. The van der Waals surface area contributed by atoms with Gasteiger partial charge >= 0.3 is 0 Å². The van der Waals surface area contributed by atoms with Crippen molar-refractivity contribution in [3.63, 3.8) is 0 Å². The standard InChI is InChI=1S/C12H20N4O3/c1-15(6-3-7-19-2)9-10-4-5-12(16(17)18)11(8-10)14-13/h4-5,8,14H,3,6-7,9,13H2,1-2H3. The number of nitro groups is 1. The minimum absolute atomic E-state index is 0.0201. The van der Waals surface area contributed by atoms with Gasteiger partial charge in [-0.15, -0.1) is 0 Å². The Morgan fingerprint density at radius 2 is 2.26 bits per heavy atom. The first-order chi connectivity index (χ1) is 9.08. The summed E-state index contributed by atoms with van der Waals surface area (Å²) < 4.78 is 4.99. The van der Waals surface area contributed by atoms with Crippen LogP contribution in [0.25, 0.3) is 0 Å². The average molecular weight is 268 g/mol. The van der Waals surface area contributed by atoms with Gasteiger partial charge in [-0.2, -0.15) is 0 Å². The Kier molecular flexibility index (Phi) is 6.20. The third kappa shape index (κ3) is 4.82. The van der Waals surface area contributed by atoms with Crippen molar-refractivity contribution >= 4 is 11.4 Å². The van der Waals surface area contributed by atoms with Crippen molar-refractivity contribution in [2.45, 2.75) is 13.0 Å². The number of benzene rings is 1. The first-order valence-electron chi connectivity index (χ1n) is 6.00. The number of hydrogen-bond acceptors (Lipinski definition) is 6. The molecule has 0 atom stereocenters. The van der Waals surface area contributed by atoms with Gasteiger partial charge in [-0.1, -0.05) is 6.07 Å². The van der Waals surface area contributed by atoms with E-state index in [1.54, 1.807) is 19.2 Å².